The van der Waals surface area contributed by atoms with Gasteiger partial charge in [-0.25, -0.2) is 0 Å². The van der Waals surface area contributed by atoms with Gasteiger partial charge in [-0.15, -0.1) is 0 Å². The number of fused-ring (bicyclic) bond motifs is 1. The SMILES string of the molecule is CC(C(=O)O)C1CCc2cnccc21. The fourth-order valence-electron chi connectivity index (χ4n) is 2.17. The summed E-state index contributed by atoms with van der Waals surface area (Å²) in [5, 5.41) is 8.95. The highest BCUT2D eigenvalue weighted by Crippen LogP contribution is 2.37. The maximum Gasteiger partial charge on any atom is 0.306 e. The molecule has 2 unspecified atom stereocenters. The van der Waals surface area contributed by atoms with E-state index in [0.717, 1.165) is 12.8 Å². The van der Waals surface area contributed by atoms with Gasteiger partial charge < -0.3 is 5.11 Å². The largest absolute Gasteiger partial charge is 0.481 e. The van der Waals surface area contributed by atoms with Crippen LogP contribution in [0, 0.1) is 5.92 Å². The minimum Gasteiger partial charge on any atom is -0.481 e. The van der Waals surface area contributed by atoms with Crippen molar-refractivity contribution in [1.82, 2.24) is 4.98 Å². The summed E-state index contributed by atoms with van der Waals surface area (Å²) in [6, 6.07) is 1.95. The molecule has 0 fully saturated rings. The standard InChI is InChI=1S/C11H13NO2/c1-7(11(13)14)9-3-2-8-6-12-5-4-10(8)9/h4-7,9H,2-3H2,1H3,(H,13,14). The fraction of sp³-hybridized carbons (Fsp3) is 0.455. The van der Waals surface area contributed by atoms with Gasteiger partial charge in [0, 0.05) is 12.4 Å². The molecule has 3 nitrogen and oxygen atoms in total. The van der Waals surface area contributed by atoms with Crippen molar-refractivity contribution >= 4 is 5.97 Å². The number of carboxylic acid groups (broad SMARTS) is 1. The Morgan fingerprint density at radius 1 is 1.71 bits per heavy atom. The average molecular weight is 191 g/mol. The van der Waals surface area contributed by atoms with Gasteiger partial charge in [0.1, 0.15) is 0 Å². The smallest absolute Gasteiger partial charge is 0.306 e. The molecule has 1 aliphatic rings. The van der Waals surface area contributed by atoms with E-state index in [0.29, 0.717) is 0 Å². The number of carbonyl (C=O) groups is 1. The zero-order valence-corrected chi connectivity index (χ0v) is 8.10. The highest BCUT2D eigenvalue weighted by molar-refractivity contribution is 5.71. The van der Waals surface area contributed by atoms with Gasteiger partial charge in [-0.3, -0.25) is 9.78 Å². The first-order chi connectivity index (χ1) is 6.70. The van der Waals surface area contributed by atoms with E-state index in [2.05, 4.69) is 4.98 Å². The quantitative estimate of drug-likeness (QED) is 0.775. The predicted molar refractivity (Wildman–Crippen MR) is 52.1 cm³/mol. The summed E-state index contributed by atoms with van der Waals surface area (Å²) in [4.78, 5) is 14.9. The van der Waals surface area contributed by atoms with Gasteiger partial charge in [0.25, 0.3) is 0 Å². The Kier molecular flexibility index (Phi) is 2.23. The molecule has 74 valence electrons. The number of nitrogens with zero attached hydrogens (tertiary/aromatic N) is 1. The van der Waals surface area contributed by atoms with E-state index in [1.54, 1.807) is 13.1 Å². The molecule has 1 aromatic rings. The summed E-state index contributed by atoms with van der Waals surface area (Å²) in [5.41, 5.74) is 2.39. The Balaban J connectivity index is 2.30. The van der Waals surface area contributed by atoms with Crippen LogP contribution in [-0.2, 0) is 11.2 Å². The van der Waals surface area contributed by atoms with Gasteiger partial charge in [-0.1, -0.05) is 6.92 Å². The molecule has 0 saturated heterocycles. The second-order valence-electron chi connectivity index (χ2n) is 3.85. The first kappa shape index (κ1) is 9.19. The zero-order valence-electron chi connectivity index (χ0n) is 8.10. The molecule has 0 bridgehead atoms. The number of aromatic nitrogens is 1. The fourth-order valence-corrected chi connectivity index (χ4v) is 2.17. The van der Waals surface area contributed by atoms with Crippen molar-refractivity contribution in [2.45, 2.75) is 25.7 Å². The van der Waals surface area contributed by atoms with Crippen LogP contribution >= 0.6 is 0 Å². The Labute approximate surface area is 82.8 Å². The van der Waals surface area contributed by atoms with E-state index in [9.17, 15) is 4.79 Å². The third-order valence-electron chi connectivity index (χ3n) is 3.06. The van der Waals surface area contributed by atoms with Gasteiger partial charge in [0.2, 0.25) is 0 Å². The summed E-state index contributed by atoms with van der Waals surface area (Å²) in [7, 11) is 0. The lowest BCUT2D eigenvalue weighted by Crippen LogP contribution is -2.17. The first-order valence-electron chi connectivity index (χ1n) is 4.85. The van der Waals surface area contributed by atoms with Gasteiger partial charge in [0.05, 0.1) is 5.92 Å². The Hall–Kier alpha value is -1.38. The number of rotatable bonds is 2. The van der Waals surface area contributed by atoms with Crippen molar-refractivity contribution < 1.29 is 9.90 Å². The number of pyridine rings is 1. The van der Waals surface area contributed by atoms with E-state index >= 15 is 0 Å². The van der Waals surface area contributed by atoms with Crippen LogP contribution in [0.5, 0.6) is 0 Å². The lowest BCUT2D eigenvalue weighted by atomic mass is 9.89. The molecule has 2 rings (SSSR count). The first-order valence-corrected chi connectivity index (χ1v) is 4.85. The number of aliphatic carboxylic acids is 1. The number of hydrogen-bond acceptors (Lipinski definition) is 2. The van der Waals surface area contributed by atoms with Crippen molar-refractivity contribution in [1.29, 1.82) is 0 Å². The maximum atomic E-state index is 10.9. The maximum absolute atomic E-state index is 10.9. The van der Waals surface area contributed by atoms with Crippen LogP contribution in [0.1, 0.15) is 30.4 Å². The predicted octanol–water partition coefficient (Wildman–Crippen LogP) is 1.83. The minimum atomic E-state index is -0.709. The van der Waals surface area contributed by atoms with Crippen LogP contribution in [-0.4, -0.2) is 16.1 Å². The number of carboxylic acids is 1. The molecule has 2 atom stereocenters. The zero-order chi connectivity index (χ0) is 10.1. The van der Waals surface area contributed by atoms with Crippen molar-refractivity contribution in [2.24, 2.45) is 5.92 Å². The molecule has 1 N–H and O–H groups in total. The van der Waals surface area contributed by atoms with E-state index in [1.165, 1.54) is 11.1 Å². The van der Waals surface area contributed by atoms with E-state index in [-0.39, 0.29) is 11.8 Å². The van der Waals surface area contributed by atoms with Crippen molar-refractivity contribution in [2.75, 3.05) is 0 Å². The van der Waals surface area contributed by atoms with E-state index in [1.807, 2.05) is 12.3 Å². The van der Waals surface area contributed by atoms with Gasteiger partial charge in [-0.05, 0) is 36.0 Å². The number of hydrogen-bond donors (Lipinski definition) is 1. The summed E-state index contributed by atoms with van der Waals surface area (Å²) in [6.07, 6.45) is 5.50. The van der Waals surface area contributed by atoms with Crippen LogP contribution in [0.4, 0.5) is 0 Å². The Bertz CT molecular complexity index is 362. The summed E-state index contributed by atoms with van der Waals surface area (Å²) in [5.74, 6) is -0.830. The molecule has 0 radical (unpaired) electrons. The Morgan fingerprint density at radius 3 is 3.21 bits per heavy atom. The van der Waals surface area contributed by atoms with Crippen LogP contribution < -0.4 is 0 Å². The summed E-state index contributed by atoms with van der Waals surface area (Å²) < 4.78 is 0. The van der Waals surface area contributed by atoms with E-state index in [4.69, 9.17) is 5.11 Å². The normalized spacial score (nSPS) is 21.6. The van der Waals surface area contributed by atoms with Gasteiger partial charge >= 0.3 is 5.97 Å². The lowest BCUT2D eigenvalue weighted by Gasteiger charge is -2.15. The summed E-state index contributed by atoms with van der Waals surface area (Å²) in [6.45, 7) is 1.78. The van der Waals surface area contributed by atoms with Crippen LogP contribution in [0.2, 0.25) is 0 Å². The van der Waals surface area contributed by atoms with Crippen molar-refractivity contribution in [3.05, 3.63) is 29.6 Å². The molecule has 0 aliphatic heterocycles. The minimum absolute atomic E-state index is 0.172. The highest BCUT2D eigenvalue weighted by atomic mass is 16.4. The second-order valence-corrected chi connectivity index (χ2v) is 3.85. The molecule has 1 aromatic heterocycles. The van der Waals surface area contributed by atoms with Gasteiger partial charge in [-0.2, -0.15) is 0 Å². The van der Waals surface area contributed by atoms with Crippen LogP contribution in [0.15, 0.2) is 18.5 Å². The van der Waals surface area contributed by atoms with Crippen LogP contribution in [0.3, 0.4) is 0 Å². The molecule has 3 heteroatoms. The topological polar surface area (TPSA) is 50.2 Å². The highest BCUT2D eigenvalue weighted by Gasteiger charge is 2.30. The second kappa shape index (κ2) is 3.40. The Morgan fingerprint density at radius 2 is 2.50 bits per heavy atom. The molecule has 1 aliphatic carbocycles. The molecule has 14 heavy (non-hydrogen) atoms. The third kappa shape index (κ3) is 1.39. The molecule has 0 spiro atoms. The molecule has 0 aromatic carbocycles. The van der Waals surface area contributed by atoms with Crippen molar-refractivity contribution in [3.63, 3.8) is 0 Å². The molecular formula is C11H13NO2. The molecular weight excluding hydrogens is 178 g/mol. The average Bonchev–Trinajstić information content (AvgIpc) is 2.60. The monoisotopic (exact) mass is 191 g/mol. The van der Waals surface area contributed by atoms with Gasteiger partial charge in [0.15, 0.2) is 0 Å². The molecule has 0 amide bonds. The lowest BCUT2D eigenvalue weighted by molar-refractivity contribution is -0.141. The molecule has 0 saturated carbocycles. The molecule has 1 heterocycles. The summed E-state index contributed by atoms with van der Waals surface area (Å²) >= 11 is 0. The van der Waals surface area contributed by atoms with E-state index < -0.39 is 5.97 Å². The number of aryl methyl sites for hydroxylation is 1. The van der Waals surface area contributed by atoms with Crippen LogP contribution in [0.25, 0.3) is 0 Å². The third-order valence-corrected chi connectivity index (χ3v) is 3.06. The van der Waals surface area contributed by atoms with Crippen molar-refractivity contribution in [3.8, 4) is 0 Å².